The SMILES string of the molecule is O=C([O-])CC(=O)C(=O)[O-].[Zn+2]. The first-order valence-corrected chi connectivity index (χ1v) is 1.98. The molecule has 0 aliphatic carbocycles. The molecule has 0 spiro atoms. The van der Waals surface area contributed by atoms with Crippen LogP contribution in [0.25, 0.3) is 0 Å². The normalized spacial score (nSPS) is 7.60. The fourth-order valence-corrected chi connectivity index (χ4v) is 0.203. The van der Waals surface area contributed by atoms with Gasteiger partial charge in [-0.25, -0.2) is 0 Å². The van der Waals surface area contributed by atoms with Crippen LogP contribution in [0.3, 0.4) is 0 Å². The predicted octanol–water partition coefficient (Wildman–Crippen LogP) is -3.56. The van der Waals surface area contributed by atoms with Crippen molar-refractivity contribution in [2.45, 2.75) is 6.42 Å². The van der Waals surface area contributed by atoms with Gasteiger partial charge in [0, 0.05) is 5.97 Å². The number of Topliss-reactive ketones (excluding diaryl/α,β-unsaturated/α-hetero) is 1. The molecule has 0 rings (SSSR count). The van der Waals surface area contributed by atoms with Crippen molar-refractivity contribution < 1.29 is 44.1 Å². The second-order valence-electron chi connectivity index (χ2n) is 1.26. The maximum atomic E-state index is 9.87. The summed E-state index contributed by atoms with van der Waals surface area (Å²) in [5.74, 6) is -5.20. The van der Waals surface area contributed by atoms with Gasteiger partial charge in [-0.1, -0.05) is 0 Å². The van der Waals surface area contributed by atoms with Gasteiger partial charge in [-0.3, -0.25) is 4.79 Å². The Bertz CT molecular complexity index is 163. The number of hydrogen-bond acceptors (Lipinski definition) is 5. The number of carboxylic acid groups (broad SMARTS) is 2. The number of carbonyl (C=O) groups is 3. The molecule has 0 saturated carbocycles. The summed E-state index contributed by atoms with van der Waals surface area (Å²) >= 11 is 0. The fraction of sp³-hybridized carbons (Fsp3) is 0.250. The third-order valence-electron chi connectivity index (χ3n) is 0.533. The van der Waals surface area contributed by atoms with Gasteiger partial charge in [0.15, 0.2) is 5.78 Å². The van der Waals surface area contributed by atoms with Gasteiger partial charge < -0.3 is 19.8 Å². The molecule has 0 amide bonds. The first kappa shape index (κ1) is 12.0. The molecule has 10 heavy (non-hydrogen) atoms. The van der Waals surface area contributed by atoms with E-state index < -0.39 is 24.1 Å². The maximum absolute atomic E-state index is 9.87. The smallest absolute Gasteiger partial charge is 0.550 e. The van der Waals surface area contributed by atoms with Crippen LogP contribution in [-0.2, 0) is 33.9 Å². The molecule has 0 aromatic rings. The van der Waals surface area contributed by atoms with Crippen molar-refractivity contribution in [3.63, 3.8) is 0 Å². The number of ketones is 1. The molecule has 0 aromatic heterocycles. The van der Waals surface area contributed by atoms with E-state index in [0.29, 0.717) is 0 Å². The quantitative estimate of drug-likeness (QED) is 0.264. The molecule has 0 heterocycles. The van der Waals surface area contributed by atoms with Crippen LogP contribution in [0.15, 0.2) is 0 Å². The van der Waals surface area contributed by atoms with Gasteiger partial charge in [-0.05, 0) is 0 Å². The number of rotatable bonds is 3. The van der Waals surface area contributed by atoms with E-state index >= 15 is 0 Å². The fourth-order valence-electron chi connectivity index (χ4n) is 0.203. The molecule has 0 unspecified atom stereocenters. The summed E-state index contributed by atoms with van der Waals surface area (Å²) in [7, 11) is 0. The monoisotopic (exact) mass is 194 g/mol. The molecule has 0 N–H and O–H groups in total. The minimum absolute atomic E-state index is 0. The predicted molar refractivity (Wildman–Crippen MR) is 19.6 cm³/mol. The number of hydrogen-bond donors (Lipinski definition) is 0. The second-order valence-corrected chi connectivity index (χ2v) is 1.26. The van der Waals surface area contributed by atoms with Crippen molar-refractivity contribution >= 4 is 17.7 Å². The Labute approximate surface area is 68.8 Å². The number of carbonyl (C=O) groups excluding carboxylic acids is 3. The minimum atomic E-state index is -2.00. The van der Waals surface area contributed by atoms with E-state index in [9.17, 15) is 24.6 Å². The van der Waals surface area contributed by atoms with E-state index in [2.05, 4.69) is 0 Å². The van der Waals surface area contributed by atoms with Crippen molar-refractivity contribution in [1.82, 2.24) is 0 Å². The van der Waals surface area contributed by atoms with E-state index in [0.717, 1.165) is 0 Å². The molecule has 0 bridgehead atoms. The molecule has 5 nitrogen and oxygen atoms in total. The van der Waals surface area contributed by atoms with Crippen LogP contribution < -0.4 is 10.2 Å². The Balaban J connectivity index is 0. The molecule has 0 radical (unpaired) electrons. The van der Waals surface area contributed by atoms with Crippen molar-refractivity contribution in [2.24, 2.45) is 0 Å². The van der Waals surface area contributed by atoms with Crippen molar-refractivity contribution in [3.8, 4) is 0 Å². The molecule has 0 atom stereocenters. The van der Waals surface area contributed by atoms with Crippen molar-refractivity contribution in [2.75, 3.05) is 0 Å². The molecular formula is C4H2O5Zn. The van der Waals surface area contributed by atoms with Gasteiger partial charge in [-0.2, -0.15) is 0 Å². The number of aliphatic carboxylic acids is 2. The van der Waals surface area contributed by atoms with Gasteiger partial charge in [-0.15, -0.1) is 0 Å². The average Bonchev–Trinajstić information content (AvgIpc) is 1.63. The zero-order valence-electron chi connectivity index (χ0n) is 4.96. The van der Waals surface area contributed by atoms with Crippen LogP contribution in [-0.4, -0.2) is 17.7 Å². The Hall–Kier alpha value is -0.767. The zero-order chi connectivity index (χ0) is 7.44. The van der Waals surface area contributed by atoms with E-state index in [1.54, 1.807) is 0 Å². The van der Waals surface area contributed by atoms with Gasteiger partial charge in [0.05, 0.1) is 6.42 Å². The van der Waals surface area contributed by atoms with Crippen LogP contribution in [0.1, 0.15) is 6.42 Å². The molecule has 50 valence electrons. The van der Waals surface area contributed by atoms with Crippen molar-refractivity contribution in [3.05, 3.63) is 0 Å². The zero-order valence-corrected chi connectivity index (χ0v) is 7.92. The Kier molecular flexibility index (Phi) is 6.04. The summed E-state index contributed by atoms with van der Waals surface area (Å²) < 4.78 is 0. The molecule has 0 aliphatic heterocycles. The Morgan fingerprint density at radius 2 is 1.50 bits per heavy atom. The maximum Gasteiger partial charge on any atom is 2.00 e. The molecule has 0 aromatic carbocycles. The van der Waals surface area contributed by atoms with Gasteiger partial charge >= 0.3 is 19.5 Å². The second kappa shape index (κ2) is 5.05. The van der Waals surface area contributed by atoms with Crippen LogP contribution in [0, 0.1) is 0 Å². The molecular weight excluding hydrogens is 193 g/mol. The van der Waals surface area contributed by atoms with Gasteiger partial charge in [0.1, 0.15) is 5.97 Å². The van der Waals surface area contributed by atoms with E-state index in [1.807, 2.05) is 0 Å². The topological polar surface area (TPSA) is 97.3 Å². The third kappa shape index (κ3) is 5.37. The summed E-state index contributed by atoms with van der Waals surface area (Å²) in [6, 6.07) is 0. The van der Waals surface area contributed by atoms with Crippen LogP contribution in [0.2, 0.25) is 0 Å². The van der Waals surface area contributed by atoms with Crippen molar-refractivity contribution in [1.29, 1.82) is 0 Å². The Morgan fingerprint density at radius 1 is 1.10 bits per heavy atom. The van der Waals surface area contributed by atoms with Crippen LogP contribution >= 0.6 is 0 Å². The minimum Gasteiger partial charge on any atom is -0.550 e. The largest absolute Gasteiger partial charge is 2.00 e. The average molecular weight is 195 g/mol. The summed E-state index contributed by atoms with van der Waals surface area (Å²) in [6.07, 6.45) is -1.12. The van der Waals surface area contributed by atoms with Gasteiger partial charge in [0.2, 0.25) is 0 Å². The van der Waals surface area contributed by atoms with Gasteiger partial charge in [0.25, 0.3) is 0 Å². The first-order valence-electron chi connectivity index (χ1n) is 1.98. The van der Waals surface area contributed by atoms with E-state index in [4.69, 9.17) is 0 Å². The standard InChI is InChI=1S/C4H4O5.Zn/c5-2(4(8)9)1-3(6)7;/h1H2,(H,6,7)(H,8,9);/q;+2/p-2. The Morgan fingerprint density at radius 3 is 1.60 bits per heavy atom. The summed E-state index contributed by atoms with van der Waals surface area (Å²) in [5, 5.41) is 19.0. The molecule has 6 heteroatoms. The van der Waals surface area contributed by atoms with Crippen LogP contribution in [0.5, 0.6) is 0 Å². The molecule has 0 aliphatic rings. The molecule has 0 saturated heterocycles. The third-order valence-corrected chi connectivity index (χ3v) is 0.533. The van der Waals surface area contributed by atoms with E-state index in [1.165, 1.54) is 0 Å². The summed E-state index contributed by atoms with van der Waals surface area (Å²) in [5.41, 5.74) is 0. The first-order chi connectivity index (χ1) is 4.04. The summed E-state index contributed by atoms with van der Waals surface area (Å²) in [4.78, 5) is 28.8. The van der Waals surface area contributed by atoms with E-state index in [-0.39, 0.29) is 19.5 Å². The molecule has 0 fully saturated rings. The van der Waals surface area contributed by atoms with Crippen LogP contribution in [0.4, 0.5) is 0 Å². The summed E-state index contributed by atoms with van der Waals surface area (Å²) in [6.45, 7) is 0. The number of carboxylic acids is 2.